The van der Waals surface area contributed by atoms with Crippen LogP contribution in [0.1, 0.15) is 5.56 Å². The van der Waals surface area contributed by atoms with E-state index in [-0.39, 0.29) is 0 Å². The molecule has 0 amide bonds. The van der Waals surface area contributed by atoms with Crippen molar-refractivity contribution in [2.24, 2.45) is 0 Å². The van der Waals surface area contributed by atoms with Crippen LogP contribution in [0.3, 0.4) is 0 Å². The van der Waals surface area contributed by atoms with Crippen LogP contribution in [0.4, 0.5) is 4.39 Å². The largest absolute Gasteiger partial charge is 0.310 e. The van der Waals surface area contributed by atoms with Gasteiger partial charge in [-0.2, -0.15) is 0 Å². The van der Waals surface area contributed by atoms with E-state index in [1.54, 1.807) is 0 Å². The number of hydrogen-bond donors (Lipinski definition) is 1. The van der Waals surface area contributed by atoms with E-state index in [9.17, 15) is 4.39 Å². The molecule has 2 aromatic carbocycles. The van der Waals surface area contributed by atoms with Crippen LogP contribution in [-0.4, -0.2) is 13.1 Å². The Balaban J connectivity index is 2.14. The Morgan fingerprint density at radius 2 is 1.73 bits per heavy atom. The van der Waals surface area contributed by atoms with Crippen LogP contribution in [-0.2, 0) is 5.67 Å². The number of nitrogens with one attached hydrogen (secondary N) is 1. The van der Waals surface area contributed by atoms with Crippen molar-refractivity contribution in [1.82, 2.24) is 5.32 Å². The standard InChI is InChI=1S/C13H12FN/c14-13(8-15-9-13)12-6-5-10-3-1-2-4-11(10)7-12/h1-7,15H,8-9H2. The van der Waals surface area contributed by atoms with Gasteiger partial charge < -0.3 is 5.32 Å². The van der Waals surface area contributed by atoms with Gasteiger partial charge in [0.05, 0.1) is 0 Å². The molecule has 1 heterocycles. The summed E-state index contributed by atoms with van der Waals surface area (Å²) in [5.41, 5.74) is -0.357. The van der Waals surface area contributed by atoms with Gasteiger partial charge in [0.15, 0.2) is 5.67 Å². The molecule has 15 heavy (non-hydrogen) atoms. The lowest BCUT2D eigenvalue weighted by Crippen LogP contribution is -2.53. The maximum Gasteiger partial charge on any atom is 0.160 e. The smallest absolute Gasteiger partial charge is 0.160 e. The van der Waals surface area contributed by atoms with Crippen LogP contribution in [0.5, 0.6) is 0 Å². The van der Waals surface area contributed by atoms with Crippen LogP contribution in [0.2, 0.25) is 0 Å². The molecular formula is C13H12FN. The molecule has 1 N–H and O–H groups in total. The fourth-order valence-electron chi connectivity index (χ4n) is 2.02. The van der Waals surface area contributed by atoms with Gasteiger partial charge in [-0.05, 0) is 22.4 Å². The summed E-state index contributed by atoms with van der Waals surface area (Å²) >= 11 is 0. The Kier molecular flexibility index (Phi) is 1.80. The maximum atomic E-state index is 14.1. The Morgan fingerprint density at radius 1 is 1.00 bits per heavy atom. The third-order valence-electron chi connectivity index (χ3n) is 3.08. The van der Waals surface area contributed by atoms with Crippen molar-refractivity contribution < 1.29 is 4.39 Å². The molecule has 0 saturated carbocycles. The molecule has 1 fully saturated rings. The van der Waals surface area contributed by atoms with Gasteiger partial charge in [0, 0.05) is 13.1 Å². The number of benzene rings is 2. The van der Waals surface area contributed by atoms with E-state index in [0.29, 0.717) is 13.1 Å². The summed E-state index contributed by atoms with van der Waals surface area (Å²) in [6.07, 6.45) is 0. The third-order valence-corrected chi connectivity index (χ3v) is 3.08. The number of hydrogen-bond acceptors (Lipinski definition) is 1. The van der Waals surface area contributed by atoms with Gasteiger partial charge in [0.1, 0.15) is 0 Å². The first-order valence-corrected chi connectivity index (χ1v) is 5.17. The van der Waals surface area contributed by atoms with E-state index >= 15 is 0 Å². The minimum Gasteiger partial charge on any atom is -0.310 e. The summed E-state index contributed by atoms with van der Waals surface area (Å²) in [7, 11) is 0. The average molecular weight is 201 g/mol. The quantitative estimate of drug-likeness (QED) is 0.747. The molecule has 1 saturated heterocycles. The van der Waals surface area contributed by atoms with Crippen molar-refractivity contribution in [3.8, 4) is 0 Å². The molecule has 3 rings (SSSR count). The number of halogens is 1. The highest BCUT2D eigenvalue weighted by atomic mass is 19.1. The summed E-state index contributed by atoms with van der Waals surface area (Å²) in [5, 5.41) is 5.25. The summed E-state index contributed by atoms with van der Waals surface area (Å²) in [6, 6.07) is 13.9. The minimum absolute atomic E-state index is 0.436. The zero-order valence-corrected chi connectivity index (χ0v) is 8.33. The van der Waals surface area contributed by atoms with Crippen molar-refractivity contribution in [2.75, 3.05) is 13.1 Å². The van der Waals surface area contributed by atoms with Crippen LogP contribution >= 0.6 is 0 Å². The summed E-state index contributed by atoms with van der Waals surface area (Å²) < 4.78 is 14.1. The molecule has 0 aliphatic carbocycles. The second kappa shape index (κ2) is 3.04. The average Bonchev–Trinajstić information content (AvgIpc) is 2.25. The van der Waals surface area contributed by atoms with Crippen LogP contribution < -0.4 is 5.32 Å². The fourth-order valence-corrected chi connectivity index (χ4v) is 2.02. The van der Waals surface area contributed by atoms with Crippen molar-refractivity contribution in [2.45, 2.75) is 5.67 Å². The molecule has 2 heteroatoms. The Bertz CT molecular complexity index is 503. The van der Waals surface area contributed by atoms with Gasteiger partial charge in [0.25, 0.3) is 0 Å². The minimum atomic E-state index is -1.15. The predicted octanol–water partition coefficient (Wildman–Crippen LogP) is 2.61. The Hall–Kier alpha value is -1.41. The van der Waals surface area contributed by atoms with Gasteiger partial charge in [-0.25, -0.2) is 4.39 Å². The van der Waals surface area contributed by atoms with Crippen molar-refractivity contribution in [1.29, 1.82) is 0 Å². The third kappa shape index (κ3) is 1.33. The molecule has 0 radical (unpaired) electrons. The monoisotopic (exact) mass is 201 g/mol. The van der Waals surface area contributed by atoms with Crippen LogP contribution in [0.25, 0.3) is 10.8 Å². The highest BCUT2D eigenvalue weighted by Crippen LogP contribution is 2.31. The molecule has 0 unspecified atom stereocenters. The van der Waals surface area contributed by atoms with E-state index in [1.165, 1.54) is 0 Å². The van der Waals surface area contributed by atoms with E-state index in [0.717, 1.165) is 16.3 Å². The molecule has 1 aliphatic rings. The van der Waals surface area contributed by atoms with Gasteiger partial charge >= 0.3 is 0 Å². The van der Waals surface area contributed by atoms with E-state index in [2.05, 4.69) is 5.32 Å². The Morgan fingerprint density at radius 3 is 2.40 bits per heavy atom. The van der Waals surface area contributed by atoms with Gasteiger partial charge in [-0.1, -0.05) is 36.4 Å². The van der Waals surface area contributed by atoms with Gasteiger partial charge in [-0.15, -0.1) is 0 Å². The lowest BCUT2D eigenvalue weighted by Gasteiger charge is -2.35. The van der Waals surface area contributed by atoms with Gasteiger partial charge in [0.2, 0.25) is 0 Å². The molecule has 76 valence electrons. The highest BCUT2D eigenvalue weighted by Gasteiger charge is 2.38. The molecule has 1 nitrogen and oxygen atoms in total. The van der Waals surface area contributed by atoms with Gasteiger partial charge in [-0.3, -0.25) is 0 Å². The lowest BCUT2D eigenvalue weighted by molar-refractivity contribution is 0.0893. The fraction of sp³-hybridized carbons (Fsp3) is 0.231. The number of alkyl halides is 1. The molecule has 0 aromatic heterocycles. The first kappa shape index (κ1) is 8.86. The second-order valence-corrected chi connectivity index (χ2v) is 4.13. The zero-order chi connectivity index (χ0) is 10.3. The normalized spacial score (nSPS) is 18.7. The predicted molar refractivity (Wildman–Crippen MR) is 59.6 cm³/mol. The molecular weight excluding hydrogens is 189 g/mol. The molecule has 1 aliphatic heterocycles. The maximum absolute atomic E-state index is 14.1. The van der Waals surface area contributed by atoms with Crippen LogP contribution in [0.15, 0.2) is 42.5 Å². The van der Waals surface area contributed by atoms with Crippen molar-refractivity contribution >= 4 is 10.8 Å². The molecule has 0 atom stereocenters. The first-order valence-electron chi connectivity index (χ1n) is 5.17. The second-order valence-electron chi connectivity index (χ2n) is 4.13. The summed E-state index contributed by atoms with van der Waals surface area (Å²) in [5.74, 6) is 0. The summed E-state index contributed by atoms with van der Waals surface area (Å²) in [6.45, 7) is 0.872. The topological polar surface area (TPSA) is 12.0 Å². The number of fused-ring (bicyclic) bond motifs is 1. The van der Waals surface area contributed by atoms with Crippen molar-refractivity contribution in [3.05, 3.63) is 48.0 Å². The lowest BCUT2D eigenvalue weighted by atomic mass is 9.89. The van der Waals surface area contributed by atoms with Crippen molar-refractivity contribution in [3.63, 3.8) is 0 Å². The van der Waals surface area contributed by atoms with E-state index in [1.807, 2.05) is 42.5 Å². The number of rotatable bonds is 1. The van der Waals surface area contributed by atoms with Crippen LogP contribution in [0, 0.1) is 0 Å². The molecule has 0 spiro atoms. The molecule has 2 aromatic rings. The molecule has 0 bridgehead atoms. The summed E-state index contributed by atoms with van der Waals surface area (Å²) in [4.78, 5) is 0. The SMILES string of the molecule is FC1(c2ccc3ccccc3c2)CNC1. The zero-order valence-electron chi connectivity index (χ0n) is 8.33. The Labute approximate surface area is 87.9 Å². The van der Waals surface area contributed by atoms with E-state index in [4.69, 9.17) is 0 Å². The highest BCUT2D eigenvalue weighted by molar-refractivity contribution is 5.83. The first-order chi connectivity index (χ1) is 7.28. The van der Waals surface area contributed by atoms with E-state index < -0.39 is 5.67 Å².